The quantitative estimate of drug-likeness (QED) is 0.115. The zero-order valence-corrected chi connectivity index (χ0v) is 29.5. The summed E-state index contributed by atoms with van der Waals surface area (Å²) in [6.07, 6.45) is 9.34. The number of rotatable bonds is 16. The van der Waals surface area contributed by atoms with Crippen LogP contribution in [0.25, 0.3) is 0 Å². The molecule has 2 aliphatic rings. The number of esters is 2. The monoisotopic (exact) mass is 666 g/mol. The summed E-state index contributed by atoms with van der Waals surface area (Å²) in [5.74, 6) is 0.568. The molecule has 0 aromatic heterocycles. The lowest BCUT2D eigenvalue weighted by Crippen LogP contribution is -2.39. The lowest BCUT2D eigenvalue weighted by atomic mass is 9.78. The molecule has 0 saturated heterocycles. The van der Waals surface area contributed by atoms with Crippen LogP contribution in [0.5, 0.6) is 11.5 Å². The highest BCUT2D eigenvalue weighted by Gasteiger charge is 2.38. The average Bonchev–Trinajstić information content (AvgIpc) is 3.07. The number of methoxy groups -OCH3 is 2. The van der Waals surface area contributed by atoms with Gasteiger partial charge in [0, 0.05) is 50.3 Å². The van der Waals surface area contributed by atoms with Crippen molar-refractivity contribution in [2.75, 3.05) is 56.0 Å². The van der Waals surface area contributed by atoms with Gasteiger partial charge in [-0.05, 0) is 102 Å². The van der Waals surface area contributed by atoms with Crippen LogP contribution in [0.4, 0.5) is 0 Å². The van der Waals surface area contributed by atoms with E-state index in [2.05, 4.69) is 21.9 Å². The summed E-state index contributed by atoms with van der Waals surface area (Å²) in [5.41, 5.74) is 2.18. The molecule has 10 heteroatoms. The summed E-state index contributed by atoms with van der Waals surface area (Å²) in [4.78, 5) is 30.6. The Kier molecular flexibility index (Phi) is 14.7. The van der Waals surface area contributed by atoms with E-state index in [4.69, 9.17) is 28.4 Å². The zero-order valence-electron chi connectivity index (χ0n) is 29.5. The largest absolute Gasteiger partial charge is 0.468 e. The van der Waals surface area contributed by atoms with Crippen molar-refractivity contribution in [3.63, 3.8) is 0 Å². The van der Waals surface area contributed by atoms with Gasteiger partial charge in [-0.25, -0.2) is 9.59 Å². The predicted molar refractivity (Wildman–Crippen MR) is 184 cm³/mol. The van der Waals surface area contributed by atoms with Gasteiger partial charge in [-0.15, -0.1) is 0 Å². The van der Waals surface area contributed by atoms with Crippen LogP contribution in [0.1, 0.15) is 74.6 Å². The number of hydrogen-bond acceptors (Lipinski definition) is 10. The van der Waals surface area contributed by atoms with Crippen molar-refractivity contribution in [2.45, 2.75) is 75.7 Å². The van der Waals surface area contributed by atoms with Crippen molar-refractivity contribution >= 4 is 11.9 Å². The van der Waals surface area contributed by atoms with Gasteiger partial charge in [0.1, 0.15) is 23.7 Å². The SMILES string of the molecule is COCOc1cccc(C(C2CCCCC2OC(=O)/C=C\C(=O)OC2CCCCC2C(c2cccc(OCOC)c2)N(C)C)N(C)C)c1. The zero-order chi connectivity index (χ0) is 34.5. The van der Waals surface area contributed by atoms with Crippen molar-refractivity contribution in [3.8, 4) is 11.5 Å². The second kappa shape index (κ2) is 18.9. The predicted octanol–water partition coefficient (Wildman–Crippen LogP) is 6.32. The lowest BCUT2D eigenvalue weighted by molar-refractivity contribution is -0.152. The molecule has 4 rings (SSSR count). The molecule has 2 fully saturated rings. The van der Waals surface area contributed by atoms with Gasteiger partial charge < -0.3 is 38.2 Å². The molecule has 0 radical (unpaired) electrons. The van der Waals surface area contributed by atoms with E-state index < -0.39 is 11.9 Å². The highest BCUT2D eigenvalue weighted by Crippen LogP contribution is 2.41. The van der Waals surface area contributed by atoms with Crippen LogP contribution in [-0.2, 0) is 28.5 Å². The van der Waals surface area contributed by atoms with E-state index in [1.165, 1.54) is 12.2 Å². The number of benzene rings is 2. The van der Waals surface area contributed by atoms with Gasteiger partial charge in [-0.1, -0.05) is 37.1 Å². The third-order valence-electron chi connectivity index (χ3n) is 9.41. The Morgan fingerprint density at radius 3 is 1.44 bits per heavy atom. The summed E-state index contributed by atoms with van der Waals surface area (Å²) in [7, 11) is 11.4. The molecular formula is C38H54N2O8. The fraction of sp³-hybridized carbons (Fsp3) is 0.579. The van der Waals surface area contributed by atoms with E-state index >= 15 is 0 Å². The molecule has 48 heavy (non-hydrogen) atoms. The maximum Gasteiger partial charge on any atom is 0.331 e. The molecule has 6 atom stereocenters. The maximum absolute atomic E-state index is 13.1. The van der Waals surface area contributed by atoms with Gasteiger partial charge in [0.2, 0.25) is 0 Å². The van der Waals surface area contributed by atoms with Crippen molar-refractivity contribution in [2.24, 2.45) is 11.8 Å². The fourth-order valence-electron chi connectivity index (χ4n) is 7.47. The molecule has 6 unspecified atom stereocenters. The minimum atomic E-state index is -0.530. The van der Waals surface area contributed by atoms with Gasteiger partial charge >= 0.3 is 11.9 Å². The molecule has 10 nitrogen and oxygen atoms in total. The van der Waals surface area contributed by atoms with Crippen LogP contribution in [-0.4, -0.2) is 89.9 Å². The average molecular weight is 667 g/mol. The Bertz CT molecular complexity index is 1230. The van der Waals surface area contributed by atoms with E-state index in [9.17, 15) is 9.59 Å². The van der Waals surface area contributed by atoms with Crippen molar-refractivity contribution < 1.29 is 38.0 Å². The molecule has 2 aliphatic carbocycles. The lowest BCUT2D eigenvalue weighted by Gasteiger charge is -2.40. The second-order valence-electron chi connectivity index (χ2n) is 13.2. The third kappa shape index (κ3) is 10.5. The summed E-state index contributed by atoms with van der Waals surface area (Å²) < 4.78 is 33.6. The Hall–Kier alpha value is -3.44. The van der Waals surface area contributed by atoms with Gasteiger partial charge in [-0.3, -0.25) is 0 Å². The molecule has 0 aliphatic heterocycles. The molecule has 2 aromatic carbocycles. The Labute approximate surface area is 286 Å². The van der Waals surface area contributed by atoms with Crippen LogP contribution in [0.15, 0.2) is 60.7 Å². The summed E-state index contributed by atoms with van der Waals surface area (Å²) in [5, 5.41) is 0. The van der Waals surface area contributed by atoms with Crippen molar-refractivity contribution in [3.05, 3.63) is 71.8 Å². The Balaban J connectivity index is 1.41. The molecule has 0 N–H and O–H groups in total. The topological polar surface area (TPSA) is 96.0 Å². The van der Waals surface area contributed by atoms with Crippen LogP contribution >= 0.6 is 0 Å². The molecule has 2 aromatic rings. The van der Waals surface area contributed by atoms with Gasteiger partial charge in [0.05, 0.1) is 0 Å². The maximum atomic E-state index is 13.1. The summed E-state index contributed by atoms with van der Waals surface area (Å²) >= 11 is 0. The summed E-state index contributed by atoms with van der Waals surface area (Å²) in [6, 6.07) is 16.0. The van der Waals surface area contributed by atoms with E-state index in [0.29, 0.717) is 0 Å². The van der Waals surface area contributed by atoms with Crippen molar-refractivity contribution in [1.82, 2.24) is 9.80 Å². The van der Waals surface area contributed by atoms with Crippen molar-refractivity contribution in [1.29, 1.82) is 0 Å². The van der Waals surface area contributed by atoms with Crippen LogP contribution in [0.3, 0.4) is 0 Å². The molecule has 2 saturated carbocycles. The minimum absolute atomic E-state index is 0.0169. The van der Waals surface area contributed by atoms with Gasteiger partial charge in [-0.2, -0.15) is 0 Å². The molecule has 0 amide bonds. The molecule has 0 spiro atoms. The second-order valence-corrected chi connectivity index (χ2v) is 13.2. The highest BCUT2D eigenvalue weighted by atomic mass is 16.7. The van der Waals surface area contributed by atoms with E-state index in [1.807, 2.05) is 64.6 Å². The number of carbonyl (C=O) groups is 2. The molecule has 264 valence electrons. The normalized spacial score (nSPS) is 22.8. The minimum Gasteiger partial charge on any atom is -0.468 e. The Morgan fingerprint density at radius 1 is 0.667 bits per heavy atom. The standard InChI is InChI=1S/C38H54N2O8/c1-39(2)37(27-13-11-15-29(23-27)45-25-43-5)31-17-7-9-19-33(31)47-35(41)21-22-36(42)48-34-20-10-8-18-32(34)38(40(3)4)28-14-12-16-30(24-28)46-26-44-6/h11-16,21-24,31-34,37-38H,7-10,17-20,25-26H2,1-6H3/b22-21-. The van der Waals surface area contributed by atoms with E-state index in [0.717, 1.165) is 74.0 Å². The molecule has 0 heterocycles. The number of hydrogen-bond donors (Lipinski definition) is 0. The third-order valence-corrected chi connectivity index (χ3v) is 9.41. The van der Waals surface area contributed by atoms with E-state index in [-0.39, 0.29) is 49.7 Å². The first-order valence-corrected chi connectivity index (χ1v) is 17.1. The number of nitrogens with zero attached hydrogens (tertiary/aromatic N) is 2. The molecular weight excluding hydrogens is 612 g/mol. The number of ether oxygens (including phenoxy) is 6. The van der Waals surface area contributed by atoms with E-state index in [1.54, 1.807) is 14.2 Å². The number of carbonyl (C=O) groups excluding carboxylic acids is 2. The first-order chi connectivity index (χ1) is 23.2. The first-order valence-electron chi connectivity index (χ1n) is 17.1. The Morgan fingerprint density at radius 2 is 1.06 bits per heavy atom. The van der Waals surface area contributed by atoms with Gasteiger partial charge in [0.25, 0.3) is 0 Å². The van der Waals surface area contributed by atoms with Crippen LogP contribution in [0.2, 0.25) is 0 Å². The van der Waals surface area contributed by atoms with Crippen LogP contribution in [0, 0.1) is 11.8 Å². The highest BCUT2D eigenvalue weighted by molar-refractivity contribution is 5.91. The fourth-order valence-corrected chi connectivity index (χ4v) is 7.47. The summed E-state index contributed by atoms with van der Waals surface area (Å²) in [6.45, 7) is 0.343. The smallest absolute Gasteiger partial charge is 0.331 e. The van der Waals surface area contributed by atoms with Crippen LogP contribution < -0.4 is 9.47 Å². The molecule has 0 bridgehead atoms. The first kappa shape index (κ1) is 37.4. The van der Waals surface area contributed by atoms with Gasteiger partial charge in [0.15, 0.2) is 13.6 Å².